The van der Waals surface area contributed by atoms with Crippen molar-refractivity contribution in [2.75, 3.05) is 32.7 Å². The van der Waals surface area contributed by atoms with Gasteiger partial charge in [-0.3, -0.25) is 4.79 Å². The van der Waals surface area contributed by atoms with Gasteiger partial charge in [0.05, 0.1) is 24.4 Å². The van der Waals surface area contributed by atoms with Crippen LogP contribution in [0.4, 0.5) is 5.69 Å². The molecule has 0 unspecified atom stereocenters. The lowest BCUT2D eigenvalue weighted by Crippen LogP contribution is -2.16. The number of fused-ring (bicyclic) bond motifs is 1. The van der Waals surface area contributed by atoms with Crippen molar-refractivity contribution in [1.82, 2.24) is 0 Å². The number of anilines is 1. The van der Waals surface area contributed by atoms with Crippen molar-refractivity contribution in [3.63, 3.8) is 0 Å². The Morgan fingerprint density at radius 1 is 1.22 bits per heavy atom. The fourth-order valence-electron chi connectivity index (χ4n) is 2.68. The zero-order chi connectivity index (χ0) is 19.4. The molecule has 0 amide bonds. The highest BCUT2D eigenvalue weighted by atomic mass is 35.5. The molecule has 0 saturated carbocycles. The van der Waals surface area contributed by atoms with Crippen LogP contribution >= 0.6 is 11.6 Å². The fraction of sp³-hybridized carbons (Fsp3) is 0.250. The normalized spacial score (nSPS) is 13.2. The molecule has 27 heavy (non-hydrogen) atoms. The first-order valence-electron chi connectivity index (χ1n) is 8.45. The van der Waals surface area contributed by atoms with Crippen LogP contribution in [0.1, 0.15) is 22.8 Å². The van der Waals surface area contributed by atoms with Crippen molar-refractivity contribution in [2.24, 2.45) is 0 Å². The molecule has 1 aliphatic heterocycles. The standard InChI is InChI=1S/C20H20ClNO5/c1-3-25-16-11-13(4-5-15(16)22)19(23)14(21)8-12-9-17(24-2)20-18(10-12)26-6-7-27-20/h4-5,8-11H,3,6-7,22H2,1-2H3. The van der Waals surface area contributed by atoms with Crippen LogP contribution in [0.15, 0.2) is 35.4 Å². The number of halogens is 1. The van der Waals surface area contributed by atoms with E-state index < -0.39 is 0 Å². The molecule has 0 atom stereocenters. The summed E-state index contributed by atoms with van der Waals surface area (Å²) in [6, 6.07) is 8.30. The van der Waals surface area contributed by atoms with Crippen molar-refractivity contribution in [1.29, 1.82) is 0 Å². The lowest BCUT2D eigenvalue weighted by atomic mass is 10.1. The number of rotatable bonds is 6. The molecule has 3 rings (SSSR count). The third-order valence-corrected chi connectivity index (χ3v) is 4.22. The number of carbonyl (C=O) groups is 1. The molecular weight excluding hydrogens is 370 g/mol. The summed E-state index contributed by atoms with van der Waals surface area (Å²) in [4.78, 5) is 12.7. The fourth-order valence-corrected chi connectivity index (χ4v) is 2.92. The number of nitrogens with two attached hydrogens (primary N) is 1. The lowest BCUT2D eigenvalue weighted by molar-refractivity contribution is 0.104. The predicted octanol–water partition coefficient (Wildman–Crippen LogP) is 3.91. The van der Waals surface area contributed by atoms with Crippen LogP contribution in [0.25, 0.3) is 6.08 Å². The number of hydrogen-bond donors (Lipinski definition) is 1. The van der Waals surface area contributed by atoms with E-state index in [4.69, 9.17) is 36.3 Å². The van der Waals surface area contributed by atoms with Crippen LogP contribution in [0, 0.1) is 0 Å². The topological polar surface area (TPSA) is 80.0 Å². The number of carbonyl (C=O) groups excluding carboxylic acids is 1. The summed E-state index contributed by atoms with van der Waals surface area (Å²) in [6.45, 7) is 3.19. The minimum atomic E-state index is -0.341. The second-order valence-corrected chi connectivity index (χ2v) is 6.16. The largest absolute Gasteiger partial charge is 0.493 e. The van der Waals surface area contributed by atoms with Gasteiger partial charge in [-0.05, 0) is 48.9 Å². The SMILES string of the molecule is CCOc1cc(C(=O)C(Cl)=Cc2cc(OC)c3c(c2)OCCO3)ccc1N. The minimum absolute atomic E-state index is 0.0425. The van der Waals surface area contributed by atoms with Gasteiger partial charge in [0.25, 0.3) is 0 Å². The van der Waals surface area contributed by atoms with Gasteiger partial charge in [-0.15, -0.1) is 0 Å². The van der Waals surface area contributed by atoms with E-state index in [-0.39, 0.29) is 10.8 Å². The van der Waals surface area contributed by atoms with Crippen LogP contribution in [-0.4, -0.2) is 32.7 Å². The van der Waals surface area contributed by atoms with E-state index in [2.05, 4.69) is 0 Å². The van der Waals surface area contributed by atoms with E-state index in [9.17, 15) is 4.79 Å². The van der Waals surface area contributed by atoms with Gasteiger partial charge in [0.1, 0.15) is 19.0 Å². The number of Topliss-reactive ketones (excluding diaryl/α,β-unsaturated/α-hetero) is 1. The monoisotopic (exact) mass is 389 g/mol. The summed E-state index contributed by atoms with van der Waals surface area (Å²) < 4.78 is 21.9. The first-order valence-corrected chi connectivity index (χ1v) is 8.83. The van der Waals surface area contributed by atoms with Crippen LogP contribution in [0.5, 0.6) is 23.0 Å². The molecule has 1 aliphatic rings. The van der Waals surface area contributed by atoms with Crippen LogP contribution < -0.4 is 24.7 Å². The second-order valence-electron chi connectivity index (χ2n) is 5.75. The highest BCUT2D eigenvalue weighted by molar-refractivity contribution is 6.47. The van der Waals surface area contributed by atoms with E-state index in [1.54, 1.807) is 36.4 Å². The van der Waals surface area contributed by atoms with E-state index >= 15 is 0 Å². The average Bonchev–Trinajstić information content (AvgIpc) is 2.68. The third kappa shape index (κ3) is 4.11. The van der Waals surface area contributed by atoms with Crippen molar-refractivity contribution >= 4 is 29.1 Å². The molecule has 0 bridgehead atoms. The predicted molar refractivity (Wildman–Crippen MR) is 104 cm³/mol. The molecule has 2 N–H and O–H groups in total. The molecule has 2 aromatic carbocycles. The van der Waals surface area contributed by atoms with Crippen LogP contribution in [0.2, 0.25) is 0 Å². The smallest absolute Gasteiger partial charge is 0.204 e. The maximum absolute atomic E-state index is 12.7. The molecule has 0 aromatic heterocycles. The van der Waals surface area contributed by atoms with Crippen molar-refractivity contribution < 1.29 is 23.7 Å². The molecule has 0 aliphatic carbocycles. The summed E-state index contributed by atoms with van der Waals surface area (Å²) in [5.74, 6) is 1.72. The number of methoxy groups -OCH3 is 1. The molecule has 0 radical (unpaired) electrons. The Hall–Kier alpha value is -2.86. The summed E-state index contributed by atoms with van der Waals surface area (Å²) in [5, 5.41) is 0.0425. The number of ether oxygens (including phenoxy) is 4. The summed E-state index contributed by atoms with van der Waals surface area (Å²) >= 11 is 6.27. The van der Waals surface area contributed by atoms with E-state index in [1.165, 1.54) is 7.11 Å². The molecule has 142 valence electrons. The second kappa shape index (κ2) is 8.22. The maximum Gasteiger partial charge on any atom is 0.204 e. The molecule has 2 aromatic rings. The first kappa shape index (κ1) is 18.9. The molecular formula is C20H20ClNO5. The van der Waals surface area contributed by atoms with E-state index in [0.29, 0.717) is 59.6 Å². The van der Waals surface area contributed by atoms with Gasteiger partial charge in [0, 0.05) is 5.56 Å². The zero-order valence-electron chi connectivity index (χ0n) is 15.1. The Kier molecular flexibility index (Phi) is 5.76. The number of benzene rings is 2. The highest BCUT2D eigenvalue weighted by Gasteiger charge is 2.19. The summed E-state index contributed by atoms with van der Waals surface area (Å²) in [5.41, 5.74) is 7.36. The van der Waals surface area contributed by atoms with Gasteiger partial charge in [0.2, 0.25) is 11.5 Å². The minimum Gasteiger partial charge on any atom is -0.493 e. The zero-order valence-corrected chi connectivity index (χ0v) is 15.8. The molecule has 1 heterocycles. The molecule has 0 saturated heterocycles. The van der Waals surface area contributed by atoms with Crippen molar-refractivity contribution in [2.45, 2.75) is 6.92 Å². The van der Waals surface area contributed by atoms with Crippen LogP contribution in [0.3, 0.4) is 0 Å². The maximum atomic E-state index is 12.7. The van der Waals surface area contributed by atoms with Gasteiger partial charge in [-0.1, -0.05) is 11.6 Å². The Labute approximate surface area is 162 Å². The van der Waals surface area contributed by atoms with Crippen LogP contribution in [-0.2, 0) is 0 Å². The third-order valence-electron chi connectivity index (χ3n) is 3.94. The Morgan fingerprint density at radius 2 is 2.00 bits per heavy atom. The summed E-state index contributed by atoms with van der Waals surface area (Å²) in [6.07, 6.45) is 1.56. The van der Waals surface area contributed by atoms with Gasteiger partial charge in [0.15, 0.2) is 11.5 Å². The number of allylic oxidation sites excluding steroid dienone is 1. The number of nitrogen functional groups attached to an aromatic ring is 1. The lowest BCUT2D eigenvalue weighted by Gasteiger charge is -2.21. The van der Waals surface area contributed by atoms with Gasteiger partial charge >= 0.3 is 0 Å². The highest BCUT2D eigenvalue weighted by Crippen LogP contribution is 2.41. The molecule has 6 nitrogen and oxygen atoms in total. The number of hydrogen-bond acceptors (Lipinski definition) is 6. The van der Waals surface area contributed by atoms with Gasteiger partial charge in [-0.25, -0.2) is 0 Å². The van der Waals surface area contributed by atoms with Crippen molar-refractivity contribution in [3.8, 4) is 23.0 Å². The molecule has 0 fully saturated rings. The summed E-state index contributed by atoms with van der Waals surface area (Å²) in [7, 11) is 1.54. The average molecular weight is 390 g/mol. The van der Waals surface area contributed by atoms with Gasteiger partial charge in [-0.2, -0.15) is 0 Å². The Bertz CT molecular complexity index is 877. The van der Waals surface area contributed by atoms with Gasteiger partial charge < -0.3 is 24.7 Å². The van der Waals surface area contributed by atoms with E-state index in [1.807, 2.05) is 6.92 Å². The Balaban J connectivity index is 1.91. The quantitative estimate of drug-likeness (QED) is 0.458. The van der Waals surface area contributed by atoms with Crippen molar-refractivity contribution in [3.05, 3.63) is 46.5 Å². The van der Waals surface area contributed by atoms with E-state index in [0.717, 1.165) is 0 Å². The molecule has 7 heteroatoms. The number of ketones is 1. The Morgan fingerprint density at radius 3 is 2.74 bits per heavy atom. The first-order chi connectivity index (χ1) is 13.0. The molecule has 0 spiro atoms.